The van der Waals surface area contributed by atoms with Gasteiger partial charge in [-0.2, -0.15) is 0 Å². The van der Waals surface area contributed by atoms with Gasteiger partial charge in [0.2, 0.25) is 5.91 Å². The smallest absolute Gasteiger partial charge is 0.244 e. The first kappa shape index (κ1) is 16.4. The van der Waals surface area contributed by atoms with Gasteiger partial charge in [0.25, 0.3) is 0 Å². The molecule has 0 bridgehead atoms. The molecule has 0 spiro atoms. The lowest BCUT2D eigenvalue weighted by molar-refractivity contribution is -0.117. The van der Waals surface area contributed by atoms with Crippen molar-refractivity contribution in [2.45, 2.75) is 26.9 Å². The normalized spacial score (nSPS) is 12.7. The Bertz CT molecular complexity index is 495. The number of hydrogen-bond donors (Lipinski definition) is 2. The first-order chi connectivity index (χ1) is 9.43. The van der Waals surface area contributed by atoms with E-state index in [4.69, 9.17) is 4.74 Å². The van der Waals surface area contributed by atoms with E-state index < -0.39 is 6.10 Å². The number of aryl methyl sites for hydroxylation is 3. The zero-order chi connectivity index (χ0) is 15.1. The van der Waals surface area contributed by atoms with Gasteiger partial charge in [0.05, 0.1) is 12.7 Å². The summed E-state index contributed by atoms with van der Waals surface area (Å²) < 4.78 is 4.79. The Morgan fingerprint density at radius 3 is 2.60 bits per heavy atom. The lowest BCUT2D eigenvalue weighted by Gasteiger charge is -2.09. The summed E-state index contributed by atoms with van der Waals surface area (Å²) in [7, 11) is 1.51. The van der Waals surface area contributed by atoms with Crippen LogP contribution in [0.15, 0.2) is 18.2 Å². The standard InChI is InChI=1S/C16H23NO3/c1-11-7-13(3)14(8-12(11)2)5-6-16(19)17-9-15(18)10-20-4/h5-8,15,18H,9-10H2,1-4H3,(H,17,19)/b6-5+. The number of benzene rings is 1. The molecule has 0 aliphatic carbocycles. The fourth-order valence-electron chi connectivity index (χ4n) is 1.86. The van der Waals surface area contributed by atoms with Crippen LogP contribution in [0.5, 0.6) is 0 Å². The summed E-state index contributed by atoms with van der Waals surface area (Å²) in [6, 6.07) is 4.17. The largest absolute Gasteiger partial charge is 0.389 e. The average Bonchev–Trinajstić information content (AvgIpc) is 2.39. The highest BCUT2D eigenvalue weighted by Crippen LogP contribution is 2.16. The Morgan fingerprint density at radius 1 is 1.30 bits per heavy atom. The van der Waals surface area contributed by atoms with Crippen LogP contribution in [0.3, 0.4) is 0 Å². The van der Waals surface area contributed by atoms with Crippen molar-refractivity contribution in [1.82, 2.24) is 5.32 Å². The first-order valence-corrected chi connectivity index (χ1v) is 6.64. The van der Waals surface area contributed by atoms with Gasteiger partial charge in [-0.3, -0.25) is 4.79 Å². The number of carbonyl (C=O) groups excluding carboxylic acids is 1. The van der Waals surface area contributed by atoms with Crippen molar-refractivity contribution in [1.29, 1.82) is 0 Å². The minimum atomic E-state index is -0.680. The van der Waals surface area contributed by atoms with Gasteiger partial charge in [0.15, 0.2) is 0 Å². The van der Waals surface area contributed by atoms with Crippen LogP contribution in [0.25, 0.3) is 6.08 Å². The van der Waals surface area contributed by atoms with Crippen LogP contribution in [0.1, 0.15) is 22.3 Å². The Labute approximate surface area is 120 Å². The average molecular weight is 277 g/mol. The highest BCUT2D eigenvalue weighted by molar-refractivity contribution is 5.91. The van der Waals surface area contributed by atoms with Gasteiger partial charge in [0.1, 0.15) is 0 Å². The van der Waals surface area contributed by atoms with E-state index in [0.29, 0.717) is 0 Å². The molecule has 0 saturated carbocycles. The molecule has 0 radical (unpaired) electrons. The molecule has 1 unspecified atom stereocenters. The molecule has 0 fully saturated rings. The molecular formula is C16H23NO3. The molecule has 1 atom stereocenters. The molecule has 0 aromatic heterocycles. The molecule has 4 heteroatoms. The lowest BCUT2D eigenvalue weighted by Crippen LogP contribution is -2.33. The van der Waals surface area contributed by atoms with Crippen LogP contribution < -0.4 is 5.32 Å². The number of hydrogen-bond acceptors (Lipinski definition) is 3. The molecular weight excluding hydrogens is 254 g/mol. The van der Waals surface area contributed by atoms with Gasteiger partial charge in [-0.15, -0.1) is 0 Å². The number of nitrogens with one attached hydrogen (secondary N) is 1. The van der Waals surface area contributed by atoms with Crippen LogP contribution in [0.2, 0.25) is 0 Å². The van der Waals surface area contributed by atoms with Gasteiger partial charge in [-0.25, -0.2) is 0 Å². The second-order valence-electron chi connectivity index (χ2n) is 4.98. The van der Waals surface area contributed by atoms with Crippen molar-refractivity contribution >= 4 is 12.0 Å². The van der Waals surface area contributed by atoms with Crippen LogP contribution in [0, 0.1) is 20.8 Å². The maximum absolute atomic E-state index is 11.6. The van der Waals surface area contributed by atoms with Crippen molar-refractivity contribution < 1.29 is 14.6 Å². The van der Waals surface area contributed by atoms with Crippen molar-refractivity contribution in [3.05, 3.63) is 40.5 Å². The molecule has 0 saturated heterocycles. The molecule has 0 aliphatic rings. The minimum Gasteiger partial charge on any atom is -0.389 e. The fraction of sp³-hybridized carbons (Fsp3) is 0.438. The monoisotopic (exact) mass is 277 g/mol. The van der Waals surface area contributed by atoms with E-state index in [1.165, 1.54) is 24.3 Å². The van der Waals surface area contributed by atoms with E-state index in [2.05, 4.69) is 24.4 Å². The van der Waals surface area contributed by atoms with Crippen LogP contribution in [0.4, 0.5) is 0 Å². The van der Waals surface area contributed by atoms with Gasteiger partial charge >= 0.3 is 0 Å². The number of amides is 1. The molecule has 0 aliphatic heterocycles. The Kier molecular flexibility index (Phi) is 6.42. The third-order valence-corrected chi connectivity index (χ3v) is 3.17. The third-order valence-electron chi connectivity index (χ3n) is 3.17. The molecule has 4 nitrogen and oxygen atoms in total. The Morgan fingerprint density at radius 2 is 1.95 bits per heavy atom. The summed E-state index contributed by atoms with van der Waals surface area (Å²) in [5, 5.41) is 12.1. The number of methoxy groups -OCH3 is 1. The molecule has 1 aromatic carbocycles. The zero-order valence-electron chi connectivity index (χ0n) is 12.6. The molecule has 1 aromatic rings. The van der Waals surface area contributed by atoms with E-state index in [1.54, 1.807) is 6.08 Å². The molecule has 20 heavy (non-hydrogen) atoms. The SMILES string of the molecule is COCC(O)CNC(=O)/C=C/c1cc(C)c(C)cc1C. The van der Waals surface area contributed by atoms with Crippen molar-refractivity contribution in [3.8, 4) is 0 Å². The maximum atomic E-state index is 11.6. The molecule has 1 rings (SSSR count). The van der Waals surface area contributed by atoms with Crippen LogP contribution in [-0.2, 0) is 9.53 Å². The zero-order valence-corrected chi connectivity index (χ0v) is 12.6. The van der Waals surface area contributed by atoms with Crippen LogP contribution >= 0.6 is 0 Å². The summed E-state index contributed by atoms with van der Waals surface area (Å²) in [6.45, 7) is 6.53. The maximum Gasteiger partial charge on any atom is 0.244 e. The second kappa shape index (κ2) is 7.82. The van der Waals surface area contributed by atoms with Crippen molar-refractivity contribution in [2.24, 2.45) is 0 Å². The highest BCUT2D eigenvalue weighted by atomic mass is 16.5. The summed E-state index contributed by atoms with van der Waals surface area (Å²) in [5.41, 5.74) is 4.61. The lowest BCUT2D eigenvalue weighted by atomic mass is 10.0. The van der Waals surface area contributed by atoms with E-state index >= 15 is 0 Å². The third kappa shape index (κ3) is 5.15. The number of carbonyl (C=O) groups is 1. The predicted octanol–water partition coefficient (Wildman–Crippen LogP) is 1.75. The molecule has 1 amide bonds. The quantitative estimate of drug-likeness (QED) is 0.779. The minimum absolute atomic E-state index is 0.183. The fourth-order valence-corrected chi connectivity index (χ4v) is 1.86. The van der Waals surface area contributed by atoms with Gasteiger partial charge in [-0.1, -0.05) is 12.1 Å². The summed E-state index contributed by atoms with van der Waals surface area (Å²) in [4.78, 5) is 11.6. The topological polar surface area (TPSA) is 58.6 Å². The van der Waals surface area contributed by atoms with Gasteiger partial charge < -0.3 is 15.2 Å². The summed E-state index contributed by atoms with van der Waals surface area (Å²) in [5.74, 6) is -0.224. The van der Waals surface area contributed by atoms with Crippen molar-refractivity contribution in [3.63, 3.8) is 0 Å². The molecule has 2 N–H and O–H groups in total. The number of rotatable bonds is 6. The van der Waals surface area contributed by atoms with E-state index in [-0.39, 0.29) is 19.1 Å². The van der Waals surface area contributed by atoms with Gasteiger partial charge in [0, 0.05) is 19.7 Å². The number of aliphatic hydroxyl groups is 1. The van der Waals surface area contributed by atoms with E-state index in [9.17, 15) is 9.90 Å². The highest BCUT2D eigenvalue weighted by Gasteiger charge is 2.04. The predicted molar refractivity (Wildman–Crippen MR) is 80.6 cm³/mol. The summed E-state index contributed by atoms with van der Waals surface area (Å²) in [6.07, 6.45) is 2.59. The van der Waals surface area contributed by atoms with Gasteiger partial charge in [-0.05, 0) is 49.1 Å². The Balaban J connectivity index is 2.59. The second-order valence-corrected chi connectivity index (χ2v) is 4.98. The molecule has 110 valence electrons. The number of aliphatic hydroxyl groups excluding tert-OH is 1. The van der Waals surface area contributed by atoms with E-state index in [1.807, 2.05) is 13.8 Å². The molecule has 0 heterocycles. The number of ether oxygens (including phenoxy) is 1. The van der Waals surface area contributed by atoms with Crippen LogP contribution in [-0.4, -0.2) is 37.4 Å². The van der Waals surface area contributed by atoms with E-state index in [0.717, 1.165) is 11.1 Å². The summed E-state index contributed by atoms with van der Waals surface area (Å²) >= 11 is 0. The Hall–Kier alpha value is -1.65. The van der Waals surface area contributed by atoms with Crippen molar-refractivity contribution in [2.75, 3.05) is 20.3 Å². The first-order valence-electron chi connectivity index (χ1n) is 6.64.